The maximum Gasteiger partial charge on any atom is 0.128 e. The molecule has 1 atom stereocenters. The summed E-state index contributed by atoms with van der Waals surface area (Å²) in [7, 11) is 2.07. The fraction of sp³-hybridized carbons (Fsp3) is 0.583. The van der Waals surface area contributed by atoms with Crippen LogP contribution in [0.25, 0.3) is 0 Å². The Kier molecular flexibility index (Phi) is 3.21. The van der Waals surface area contributed by atoms with Crippen molar-refractivity contribution in [3.63, 3.8) is 0 Å². The molecule has 1 aliphatic rings. The molecular formula is C12H18N2O. The van der Waals surface area contributed by atoms with Crippen LogP contribution in [0, 0.1) is 6.92 Å². The fourth-order valence-corrected chi connectivity index (χ4v) is 1.93. The Morgan fingerprint density at radius 2 is 2.40 bits per heavy atom. The average molecular weight is 206 g/mol. The molecule has 1 saturated heterocycles. The quantitative estimate of drug-likeness (QED) is 0.756. The third-order valence-corrected chi connectivity index (χ3v) is 2.77. The molecule has 0 spiro atoms. The zero-order valence-electron chi connectivity index (χ0n) is 9.44. The Morgan fingerprint density at radius 3 is 3.07 bits per heavy atom. The Hall–Kier alpha value is -1.09. The molecule has 1 aliphatic heterocycles. The molecule has 0 bridgehead atoms. The number of hydrogen-bond acceptors (Lipinski definition) is 3. The van der Waals surface area contributed by atoms with Gasteiger partial charge in [-0.15, -0.1) is 0 Å². The van der Waals surface area contributed by atoms with Crippen LogP contribution in [0.5, 0.6) is 0 Å². The van der Waals surface area contributed by atoms with Crippen LogP contribution in [0.15, 0.2) is 18.2 Å². The summed E-state index contributed by atoms with van der Waals surface area (Å²) in [6.45, 7) is 3.87. The molecule has 1 fully saturated rings. The Labute approximate surface area is 91.1 Å². The van der Waals surface area contributed by atoms with Crippen LogP contribution < -0.4 is 4.90 Å². The Balaban J connectivity index is 1.97. The first-order valence-electron chi connectivity index (χ1n) is 5.52. The maximum atomic E-state index is 5.61. The minimum Gasteiger partial charge on any atom is -0.376 e. The van der Waals surface area contributed by atoms with E-state index in [0.717, 1.165) is 24.7 Å². The minimum absolute atomic E-state index is 0.386. The van der Waals surface area contributed by atoms with E-state index in [-0.39, 0.29) is 0 Å². The van der Waals surface area contributed by atoms with Crippen molar-refractivity contribution < 1.29 is 4.74 Å². The van der Waals surface area contributed by atoms with Gasteiger partial charge in [0.1, 0.15) is 5.82 Å². The standard InChI is InChI=1S/C12H18N2O/c1-10-5-3-7-12(13-10)14(2)9-11-6-4-8-15-11/h3,5,7,11H,4,6,8-9H2,1-2H3. The highest BCUT2D eigenvalue weighted by molar-refractivity contribution is 5.38. The van der Waals surface area contributed by atoms with Crippen LogP contribution in [0.3, 0.4) is 0 Å². The van der Waals surface area contributed by atoms with Gasteiger partial charge in [0.15, 0.2) is 0 Å². The van der Waals surface area contributed by atoms with Crippen molar-refractivity contribution in [1.82, 2.24) is 4.98 Å². The highest BCUT2D eigenvalue weighted by Crippen LogP contribution is 2.16. The largest absolute Gasteiger partial charge is 0.376 e. The molecule has 3 heteroatoms. The number of aromatic nitrogens is 1. The van der Waals surface area contributed by atoms with Gasteiger partial charge in [0, 0.05) is 25.9 Å². The van der Waals surface area contributed by atoms with Crippen LogP contribution in [0.2, 0.25) is 0 Å². The topological polar surface area (TPSA) is 25.4 Å². The molecule has 0 radical (unpaired) electrons. The van der Waals surface area contributed by atoms with Crippen LogP contribution in [0.1, 0.15) is 18.5 Å². The number of rotatable bonds is 3. The van der Waals surface area contributed by atoms with E-state index in [2.05, 4.69) is 16.9 Å². The van der Waals surface area contributed by atoms with Crippen LogP contribution in [0.4, 0.5) is 5.82 Å². The predicted octanol–water partition coefficient (Wildman–Crippen LogP) is 2.01. The van der Waals surface area contributed by atoms with Gasteiger partial charge in [0.25, 0.3) is 0 Å². The lowest BCUT2D eigenvalue weighted by Crippen LogP contribution is -2.29. The molecule has 1 aromatic rings. The van der Waals surface area contributed by atoms with E-state index < -0.39 is 0 Å². The number of pyridine rings is 1. The van der Waals surface area contributed by atoms with Crippen molar-refractivity contribution in [1.29, 1.82) is 0 Å². The van der Waals surface area contributed by atoms with Crippen molar-refractivity contribution in [3.05, 3.63) is 23.9 Å². The molecule has 0 N–H and O–H groups in total. The third-order valence-electron chi connectivity index (χ3n) is 2.77. The van der Waals surface area contributed by atoms with Gasteiger partial charge in [-0.2, -0.15) is 0 Å². The van der Waals surface area contributed by atoms with Crippen molar-refractivity contribution in [2.75, 3.05) is 25.1 Å². The molecule has 2 heterocycles. The first-order chi connectivity index (χ1) is 7.25. The first-order valence-corrected chi connectivity index (χ1v) is 5.52. The van der Waals surface area contributed by atoms with Crippen molar-refractivity contribution in [2.45, 2.75) is 25.9 Å². The molecular weight excluding hydrogens is 188 g/mol. The number of ether oxygens (including phenoxy) is 1. The third kappa shape index (κ3) is 2.69. The van der Waals surface area contributed by atoms with Gasteiger partial charge in [0.2, 0.25) is 0 Å². The van der Waals surface area contributed by atoms with E-state index in [1.54, 1.807) is 0 Å². The average Bonchev–Trinajstić information content (AvgIpc) is 2.70. The predicted molar refractivity (Wildman–Crippen MR) is 61.2 cm³/mol. The first kappa shape index (κ1) is 10.4. The highest BCUT2D eigenvalue weighted by Gasteiger charge is 2.17. The lowest BCUT2D eigenvalue weighted by molar-refractivity contribution is 0.116. The second-order valence-electron chi connectivity index (χ2n) is 4.15. The molecule has 0 aliphatic carbocycles. The number of anilines is 1. The smallest absolute Gasteiger partial charge is 0.128 e. The Bertz CT molecular complexity index is 321. The van der Waals surface area contributed by atoms with E-state index in [0.29, 0.717) is 6.10 Å². The molecule has 1 aromatic heterocycles. The number of nitrogens with zero attached hydrogens (tertiary/aromatic N) is 2. The summed E-state index contributed by atoms with van der Waals surface area (Å²) in [6, 6.07) is 6.11. The summed E-state index contributed by atoms with van der Waals surface area (Å²) < 4.78 is 5.61. The van der Waals surface area contributed by atoms with E-state index in [1.807, 2.05) is 25.1 Å². The zero-order valence-corrected chi connectivity index (χ0v) is 9.44. The van der Waals surface area contributed by atoms with Crippen molar-refractivity contribution >= 4 is 5.82 Å². The lowest BCUT2D eigenvalue weighted by atomic mass is 10.2. The summed E-state index contributed by atoms with van der Waals surface area (Å²) in [6.07, 6.45) is 2.76. The SMILES string of the molecule is Cc1cccc(N(C)CC2CCCO2)n1. The number of hydrogen-bond donors (Lipinski definition) is 0. The van der Waals surface area contributed by atoms with Gasteiger partial charge >= 0.3 is 0 Å². The molecule has 1 unspecified atom stereocenters. The summed E-state index contributed by atoms with van der Waals surface area (Å²) in [5.41, 5.74) is 1.06. The highest BCUT2D eigenvalue weighted by atomic mass is 16.5. The Morgan fingerprint density at radius 1 is 1.53 bits per heavy atom. The fourth-order valence-electron chi connectivity index (χ4n) is 1.93. The summed E-state index contributed by atoms with van der Waals surface area (Å²) in [5.74, 6) is 1.03. The van der Waals surface area contributed by atoms with Gasteiger partial charge in [-0.1, -0.05) is 6.07 Å². The van der Waals surface area contributed by atoms with Gasteiger partial charge in [0.05, 0.1) is 6.10 Å². The molecule has 15 heavy (non-hydrogen) atoms. The minimum atomic E-state index is 0.386. The van der Waals surface area contributed by atoms with Gasteiger partial charge < -0.3 is 9.64 Å². The second kappa shape index (κ2) is 4.62. The van der Waals surface area contributed by atoms with Crippen LogP contribution in [-0.2, 0) is 4.74 Å². The molecule has 0 saturated carbocycles. The number of likely N-dealkylation sites (N-methyl/N-ethyl adjacent to an activating group) is 1. The number of aryl methyl sites for hydroxylation is 1. The molecule has 82 valence electrons. The van der Waals surface area contributed by atoms with E-state index in [1.165, 1.54) is 12.8 Å². The van der Waals surface area contributed by atoms with Crippen molar-refractivity contribution in [3.8, 4) is 0 Å². The molecule has 3 nitrogen and oxygen atoms in total. The summed E-state index contributed by atoms with van der Waals surface area (Å²) >= 11 is 0. The monoisotopic (exact) mass is 206 g/mol. The molecule has 0 amide bonds. The maximum absolute atomic E-state index is 5.61. The van der Waals surface area contributed by atoms with Crippen LogP contribution in [-0.4, -0.2) is 31.3 Å². The zero-order chi connectivity index (χ0) is 10.7. The lowest BCUT2D eigenvalue weighted by Gasteiger charge is -2.21. The van der Waals surface area contributed by atoms with Gasteiger partial charge in [-0.25, -0.2) is 4.98 Å². The molecule has 2 rings (SSSR count). The van der Waals surface area contributed by atoms with E-state index in [9.17, 15) is 0 Å². The summed E-state index contributed by atoms with van der Waals surface area (Å²) in [5, 5.41) is 0. The summed E-state index contributed by atoms with van der Waals surface area (Å²) in [4.78, 5) is 6.66. The van der Waals surface area contributed by atoms with Crippen molar-refractivity contribution in [2.24, 2.45) is 0 Å². The van der Waals surface area contributed by atoms with Gasteiger partial charge in [-0.3, -0.25) is 0 Å². The van der Waals surface area contributed by atoms with E-state index >= 15 is 0 Å². The van der Waals surface area contributed by atoms with E-state index in [4.69, 9.17) is 4.74 Å². The second-order valence-corrected chi connectivity index (χ2v) is 4.15. The normalized spacial score (nSPS) is 20.5. The van der Waals surface area contributed by atoms with Gasteiger partial charge in [-0.05, 0) is 31.9 Å². The molecule has 0 aromatic carbocycles. The van der Waals surface area contributed by atoms with Crippen LogP contribution >= 0.6 is 0 Å².